The molecule has 1 aromatic heterocycles. The van der Waals surface area contributed by atoms with Crippen LogP contribution in [0.2, 0.25) is 0 Å². The molecule has 0 spiro atoms. The number of nitrogens with one attached hydrogen (secondary N) is 2. The van der Waals surface area contributed by atoms with Crippen LogP contribution in [0.4, 0.5) is 4.79 Å². The van der Waals surface area contributed by atoms with Crippen LogP contribution < -0.4 is 10.9 Å². The van der Waals surface area contributed by atoms with E-state index in [2.05, 4.69) is 21.3 Å². The van der Waals surface area contributed by atoms with E-state index in [1.54, 1.807) is 0 Å². The van der Waals surface area contributed by atoms with Crippen LogP contribution >= 0.6 is 0 Å². The second kappa shape index (κ2) is 9.65. The zero-order valence-corrected chi connectivity index (χ0v) is 18.1. The number of fused-ring (bicyclic) bond motifs is 1. The summed E-state index contributed by atoms with van der Waals surface area (Å²) < 4.78 is 0. The first kappa shape index (κ1) is 20.9. The molecule has 1 aliphatic carbocycles. The minimum Gasteiger partial charge on any atom is -0.335 e. The van der Waals surface area contributed by atoms with Gasteiger partial charge in [0.05, 0.1) is 6.54 Å². The molecule has 1 aliphatic heterocycles. The average molecular weight is 411 g/mol. The first-order chi connectivity index (χ1) is 14.6. The summed E-state index contributed by atoms with van der Waals surface area (Å²) >= 11 is 0. The summed E-state index contributed by atoms with van der Waals surface area (Å²) in [7, 11) is 0. The van der Waals surface area contributed by atoms with Gasteiger partial charge in [0.25, 0.3) is 5.56 Å². The van der Waals surface area contributed by atoms with Crippen LogP contribution in [0.15, 0.2) is 29.1 Å². The van der Waals surface area contributed by atoms with Crippen LogP contribution in [0.25, 0.3) is 10.9 Å². The Kier molecular flexibility index (Phi) is 6.72. The van der Waals surface area contributed by atoms with Gasteiger partial charge in [-0.1, -0.05) is 30.9 Å². The number of amides is 2. The molecule has 2 N–H and O–H groups in total. The molecule has 6 nitrogen and oxygen atoms in total. The van der Waals surface area contributed by atoms with Gasteiger partial charge in [-0.15, -0.1) is 0 Å². The fraction of sp³-hybridized carbons (Fsp3) is 0.583. The van der Waals surface area contributed by atoms with Crippen LogP contribution in [-0.2, 0) is 6.54 Å². The third-order valence-corrected chi connectivity index (χ3v) is 6.54. The maximum absolute atomic E-state index is 13.1. The number of hydrogen-bond donors (Lipinski definition) is 2. The number of aryl methyl sites for hydroxylation is 1. The zero-order chi connectivity index (χ0) is 20.9. The summed E-state index contributed by atoms with van der Waals surface area (Å²) in [5.41, 5.74) is 2.53. The quantitative estimate of drug-likeness (QED) is 0.762. The highest BCUT2D eigenvalue weighted by Gasteiger charge is 2.22. The summed E-state index contributed by atoms with van der Waals surface area (Å²) in [6, 6.07) is 8.18. The Morgan fingerprint density at radius 3 is 2.67 bits per heavy atom. The maximum atomic E-state index is 13.1. The monoisotopic (exact) mass is 410 g/mol. The number of carbonyl (C=O) groups is 1. The van der Waals surface area contributed by atoms with Crippen LogP contribution in [-0.4, -0.2) is 53.0 Å². The van der Waals surface area contributed by atoms with E-state index in [9.17, 15) is 9.59 Å². The lowest BCUT2D eigenvalue weighted by Crippen LogP contribution is -2.47. The number of H-pyrrole nitrogens is 1. The molecule has 2 aliphatic rings. The minimum absolute atomic E-state index is 0.0372. The second-order valence-corrected chi connectivity index (χ2v) is 8.97. The Morgan fingerprint density at radius 2 is 1.90 bits per heavy atom. The molecule has 2 fully saturated rings. The van der Waals surface area contributed by atoms with Gasteiger partial charge < -0.3 is 20.1 Å². The van der Waals surface area contributed by atoms with Gasteiger partial charge in [0.2, 0.25) is 0 Å². The van der Waals surface area contributed by atoms with E-state index < -0.39 is 0 Å². The fourth-order valence-electron chi connectivity index (χ4n) is 4.73. The molecule has 1 saturated heterocycles. The first-order valence-electron chi connectivity index (χ1n) is 11.5. The summed E-state index contributed by atoms with van der Waals surface area (Å²) in [4.78, 5) is 33.1. The van der Waals surface area contributed by atoms with E-state index in [1.807, 2.05) is 30.0 Å². The van der Waals surface area contributed by atoms with Gasteiger partial charge in [-0.25, -0.2) is 4.79 Å². The SMILES string of the molecule is Cc1ccc2[nH]c(=O)c(CN(CCN3CCCC3)C(=O)NC3CCCCC3)cc2c1. The summed E-state index contributed by atoms with van der Waals surface area (Å²) in [6.45, 7) is 6.10. The van der Waals surface area contributed by atoms with Crippen LogP contribution in [0, 0.1) is 6.92 Å². The molecule has 6 heteroatoms. The number of rotatable bonds is 6. The van der Waals surface area contributed by atoms with Crippen molar-refractivity contribution in [3.05, 3.63) is 45.7 Å². The van der Waals surface area contributed by atoms with Gasteiger partial charge in [0, 0.05) is 30.2 Å². The van der Waals surface area contributed by atoms with Gasteiger partial charge >= 0.3 is 6.03 Å². The number of pyridine rings is 1. The average Bonchev–Trinajstić information content (AvgIpc) is 3.26. The van der Waals surface area contributed by atoms with Crippen molar-refractivity contribution in [3.8, 4) is 0 Å². The molecular formula is C24H34N4O2. The molecular weight excluding hydrogens is 376 g/mol. The number of hydrogen-bond acceptors (Lipinski definition) is 3. The molecule has 1 saturated carbocycles. The number of aromatic amines is 1. The van der Waals surface area contributed by atoms with Gasteiger partial charge in [-0.05, 0) is 69.3 Å². The van der Waals surface area contributed by atoms with Gasteiger partial charge in [-0.3, -0.25) is 4.79 Å². The van der Waals surface area contributed by atoms with Crippen molar-refractivity contribution in [1.29, 1.82) is 0 Å². The topological polar surface area (TPSA) is 68.4 Å². The molecule has 162 valence electrons. The summed E-state index contributed by atoms with van der Waals surface area (Å²) in [5, 5.41) is 4.25. The van der Waals surface area contributed by atoms with Gasteiger partial charge in [0.1, 0.15) is 0 Å². The fourth-order valence-corrected chi connectivity index (χ4v) is 4.73. The lowest BCUT2D eigenvalue weighted by molar-refractivity contribution is 0.178. The van der Waals surface area contributed by atoms with Crippen molar-refractivity contribution in [3.63, 3.8) is 0 Å². The van der Waals surface area contributed by atoms with E-state index in [-0.39, 0.29) is 17.6 Å². The number of aromatic nitrogens is 1. The van der Waals surface area contributed by atoms with E-state index in [0.717, 1.165) is 48.9 Å². The molecule has 30 heavy (non-hydrogen) atoms. The second-order valence-electron chi connectivity index (χ2n) is 8.97. The number of benzene rings is 1. The molecule has 0 bridgehead atoms. The smallest absolute Gasteiger partial charge is 0.317 e. The van der Waals surface area contributed by atoms with E-state index in [0.29, 0.717) is 18.7 Å². The summed E-state index contributed by atoms with van der Waals surface area (Å²) in [6.07, 6.45) is 8.21. The largest absolute Gasteiger partial charge is 0.335 e. The van der Waals surface area contributed by atoms with Crippen molar-refractivity contribution in [2.75, 3.05) is 26.2 Å². The van der Waals surface area contributed by atoms with Gasteiger partial charge in [0.15, 0.2) is 0 Å². The molecule has 4 rings (SSSR count). The Bertz CT molecular complexity index is 926. The number of urea groups is 1. The van der Waals surface area contributed by atoms with Crippen LogP contribution in [0.3, 0.4) is 0 Å². The van der Waals surface area contributed by atoms with E-state index in [4.69, 9.17) is 0 Å². The van der Waals surface area contributed by atoms with E-state index in [1.165, 1.54) is 32.1 Å². The van der Waals surface area contributed by atoms with Crippen LogP contribution in [0.1, 0.15) is 56.1 Å². The van der Waals surface area contributed by atoms with Crippen LogP contribution in [0.5, 0.6) is 0 Å². The Balaban J connectivity index is 1.51. The van der Waals surface area contributed by atoms with Crippen molar-refractivity contribution in [2.24, 2.45) is 0 Å². The highest BCUT2D eigenvalue weighted by Crippen LogP contribution is 2.18. The normalized spacial score (nSPS) is 18.0. The number of likely N-dealkylation sites (tertiary alicyclic amines) is 1. The number of carbonyl (C=O) groups excluding carboxylic acids is 1. The molecule has 2 heterocycles. The molecule has 1 aromatic carbocycles. The minimum atomic E-state index is -0.108. The van der Waals surface area contributed by atoms with Crippen molar-refractivity contribution in [1.82, 2.24) is 20.1 Å². The molecule has 0 atom stereocenters. The molecule has 0 unspecified atom stereocenters. The van der Waals surface area contributed by atoms with Crippen molar-refractivity contribution >= 4 is 16.9 Å². The third-order valence-electron chi connectivity index (χ3n) is 6.54. The number of nitrogens with zero attached hydrogens (tertiary/aromatic N) is 2. The predicted molar refractivity (Wildman–Crippen MR) is 121 cm³/mol. The predicted octanol–water partition coefficient (Wildman–Crippen LogP) is 3.78. The van der Waals surface area contributed by atoms with Crippen molar-refractivity contribution < 1.29 is 4.79 Å². The highest BCUT2D eigenvalue weighted by molar-refractivity contribution is 5.80. The zero-order valence-electron chi connectivity index (χ0n) is 18.1. The highest BCUT2D eigenvalue weighted by atomic mass is 16.2. The maximum Gasteiger partial charge on any atom is 0.317 e. The molecule has 2 aromatic rings. The van der Waals surface area contributed by atoms with E-state index >= 15 is 0 Å². The Morgan fingerprint density at radius 1 is 1.13 bits per heavy atom. The van der Waals surface area contributed by atoms with Gasteiger partial charge in [-0.2, -0.15) is 0 Å². The Labute approximate surface area is 178 Å². The Hall–Kier alpha value is -2.34. The third kappa shape index (κ3) is 5.22. The lowest BCUT2D eigenvalue weighted by atomic mass is 9.96. The molecule has 0 radical (unpaired) electrons. The van der Waals surface area contributed by atoms with Crippen molar-refractivity contribution in [2.45, 2.75) is 64.5 Å². The first-order valence-corrected chi connectivity index (χ1v) is 11.5. The molecule has 2 amide bonds. The summed E-state index contributed by atoms with van der Waals surface area (Å²) in [5.74, 6) is 0. The lowest BCUT2D eigenvalue weighted by Gasteiger charge is -2.29. The standard InChI is InChI=1S/C24H34N4O2/c1-18-9-10-22-19(15-18)16-20(23(29)26-22)17-28(14-13-27-11-5-6-12-27)24(30)25-21-7-3-2-4-8-21/h9-10,15-16,21H,2-8,11-14,17H2,1H3,(H,25,30)(H,26,29).